The van der Waals surface area contributed by atoms with Gasteiger partial charge in [-0.1, -0.05) is 26.7 Å². The van der Waals surface area contributed by atoms with Gasteiger partial charge in [0.15, 0.2) is 11.5 Å². The Balaban J connectivity index is 2.97. The van der Waals surface area contributed by atoms with Crippen molar-refractivity contribution in [2.24, 2.45) is 5.92 Å². The lowest BCUT2D eigenvalue weighted by atomic mass is 10.0. The lowest BCUT2D eigenvalue weighted by Crippen LogP contribution is -2.31. The number of carbonyl (C=O) groups is 1. The van der Waals surface area contributed by atoms with Crippen molar-refractivity contribution < 1.29 is 9.90 Å². The van der Waals surface area contributed by atoms with Crippen LogP contribution in [0.2, 0.25) is 0 Å². The van der Waals surface area contributed by atoms with E-state index in [1.165, 1.54) is 12.4 Å². The van der Waals surface area contributed by atoms with Crippen molar-refractivity contribution >= 4 is 11.8 Å². The van der Waals surface area contributed by atoms with Gasteiger partial charge < -0.3 is 10.0 Å². The largest absolute Gasteiger partial charge is 0.476 e. The van der Waals surface area contributed by atoms with Crippen LogP contribution in [-0.2, 0) is 0 Å². The third kappa shape index (κ3) is 3.42. The molecule has 0 aliphatic heterocycles. The minimum absolute atomic E-state index is 0.0327. The van der Waals surface area contributed by atoms with Crippen molar-refractivity contribution in [2.75, 3.05) is 18.0 Å². The lowest BCUT2D eigenvalue weighted by Gasteiger charge is -2.26. The van der Waals surface area contributed by atoms with E-state index in [2.05, 4.69) is 23.8 Å². The summed E-state index contributed by atoms with van der Waals surface area (Å²) >= 11 is 0. The third-order valence-corrected chi connectivity index (χ3v) is 3.20. The van der Waals surface area contributed by atoms with Crippen molar-refractivity contribution in [3.63, 3.8) is 0 Å². The van der Waals surface area contributed by atoms with Gasteiger partial charge in [-0.3, -0.25) is 0 Å². The zero-order valence-electron chi connectivity index (χ0n) is 11.3. The van der Waals surface area contributed by atoms with Crippen LogP contribution >= 0.6 is 0 Å². The Kier molecular flexibility index (Phi) is 5.55. The van der Waals surface area contributed by atoms with Crippen molar-refractivity contribution in [3.05, 3.63) is 18.1 Å². The van der Waals surface area contributed by atoms with Crippen LogP contribution in [0, 0.1) is 5.92 Å². The van der Waals surface area contributed by atoms with E-state index in [9.17, 15) is 4.79 Å². The molecule has 0 amide bonds. The van der Waals surface area contributed by atoms with Gasteiger partial charge in [0.25, 0.3) is 0 Å². The summed E-state index contributed by atoms with van der Waals surface area (Å²) in [5.74, 6) is -0.00546. The van der Waals surface area contributed by atoms with E-state index in [1.54, 1.807) is 0 Å². The normalized spacial score (nSPS) is 10.7. The Bertz CT molecular complexity index is 392. The molecular weight excluding hydrogens is 230 g/mol. The second-order valence-corrected chi connectivity index (χ2v) is 4.25. The second kappa shape index (κ2) is 6.93. The molecule has 0 saturated heterocycles. The highest BCUT2D eigenvalue weighted by Gasteiger charge is 2.19. The summed E-state index contributed by atoms with van der Waals surface area (Å²) in [6, 6.07) is 0. The zero-order chi connectivity index (χ0) is 13.5. The summed E-state index contributed by atoms with van der Waals surface area (Å²) in [5, 5.41) is 9.13. The zero-order valence-corrected chi connectivity index (χ0v) is 11.3. The molecule has 1 heterocycles. The average molecular weight is 251 g/mol. The van der Waals surface area contributed by atoms with Crippen LogP contribution in [0.4, 0.5) is 5.82 Å². The van der Waals surface area contributed by atoms with Crippen LogP contribution in [0.1, 0.15) is 44.1 Å². The van der Waals surface area contributed by atoms with Crippen LogP contribution < -0.4 is 4.90 Å². The number of aromatic carboxylic acids is 1. The molecule has 1 aromatic heterocycles. The fourth-order valence-electron chi connectivity index (χ4n) is 1.94. The highest BCUT2D eigenvalue weighted by Crippen LogP contribution is 2.18. The van der Waals surface area contributed by atoms with Crippen molar-refractivity contribution in [1.82, 2.24) is 9.97 Å². The standard InChI is InChI=1S/C13H21N3O2/c1-4-10(5-2)9-16(6-3)12-11(13(17)18)14-7-8-15-12/h7-8,10H,4-6,9H2,1-3H3,(H,17,18). The van der Waals surface area contributed by atoms with Gasteiger partial charge in [0, 0.05) is 25.5 Å². The molecule has 1 aromatic rings. The molecule has 1 N–H and O–H groups in total. The molecule has 1 rings (SSSR count). The molecule has 0 bridgehead atoms. The van der Waals surface area contributed by atoms with E-state index < -0.39 is 5.97 Å². The summed E-state index contributed by atoms with van der Waals surface area (Å²) < 4.78 is 0. The minimum atomic E-state index is -1.03. The summed E-state index contributed by atoms with van der Waals surface area (Å²) in [6.45, 7) is 7.86. The van der Waals surface area contributed by atoms with Crippen molar-refractivity contribution in [3.8, 4) is 0 Å². The first-order valence-electron chi connectivity index (χ1n) is 6.43. The van der Waals surface area contributed by atoms with E-state index >= 15 is 0 Å². The molecule has 0 radical (unpaired) electrons. The second-order valence-electron chi connectivity index (χ2n) is 4.25. The highest BCUT2D eigenvalue weighted by atomic mass is 16.4. The number of nitrogens with zero attached hydrogens (tertiary/aromatic N) is 3. The SMILES string of the molecule is CCC(CC)CN(CC)c1nccnc1C(=O)O. The van der Waals surface area contributed by atoms with Gasteiger partial charge >= 0.3 is 5.97 Å². The van der Waals surface area contributed by atoms with Crippen molar-refractivity contribution in [2.45, 2.75) is 33.6 Å². The number of anilines is 1. The van der Waals surface area contributed by atoms with Gasteiger partial charge in [0.05, 0.1) is 0 Å². The molecular formula is C13H21N3O2. The lowest BCUT2D eigenvalue weighted by molar-refractivity contribution is 0.0690. The van der Waals surface area contributed by atoms with Gasteiger partial charge in [-0.15, -0.1) is 0 Å². The number of aromatic nitrogens is 2. The quantitative estimate of drug-likeness (QED) is 0.806. The Morgan fingerprint density at radius 3 is 2.39 bits per heavy atom. The molecule has 0 saturated carbocycles. The molecule has 0 aliphatic carbocycles. The van der Waals surface area contributed by atoms with E-state index in [4.69, 9.17) is 5.11 Å². The maximum atomic E-state index is 11.1. The molecule has 0 spiro atoms. The van der Waals surface area contributed by atoms with Crippen LogP contribution in [-0.4, -0.2) is 34.1 Å². The monoisotopic (exact) mass is 251 g/mol. The van der Waals surface area contributed by atoms with Gasteiger partial charge in [-0.25, -0.2) is 14.8 Å². The molecule has 0 fully saturated rings. The van der Waals surface area contributed by atoms with Crippen LogP contribution in [0.25, 0.3) is 0 Å². The average Bonchev–Trinajstić information content (AvgIpc) is 2.40. The van der Waals surface area contributed by atoms with Gasteiger partial charge in [0.2, 0.25) is 0 Å². The van der Waals surface area contributed by atoms with Gasteiger partial charge in [0.1, 0.15) is 0 Å². The molecule has 0 aliphatic rings. The molecule has 0 atom stereocenters. The molecule has 100 valence electrons. The molecule has 5 heteroatoms. The predicted molar refractivity (Wildman–Crippen MR) is 71.0 cm³/mol. The van der Waals surface area contributed by atoms with E-state index in [1.807, 2.05) is 11.8 Å². The fourth-order valence-corrected chi connectivity index (χ4v) is 1.94. The maximum absolute atomic E-state index is 11.1. The van der Waals surface area contributed by atoms with E-state index in [-0.39, 0.29) is 5.69 Å². The van der Waals surface area contributed by atoms with E-state index in [0.29, 0.717) is 11.7 Å². The van der Waals surface area contributed by atoms with Gasteiger partial charge in [-0.2, -0.15) is 0 Å². The Labute approximate surface area is 108 Å². The fraction of sp³-hybridized carbons (Fsp3) is 0.615. The number of carboxylic acid groups (broad SMARTS) is 1. The first-order valence-corrected chi connectivity index (χ1v) is 6.43. The maximum Gasteiger partial charge on any atom is 0.358 e. The Morgan fingerprint density at radius 2 is 1.89 bits per heavy atom. The first-order chi connectivity index (χ1) is 8.63. The van der Waals surface area contributed by atoms with E-state index in [0.717, 1.165) is 25.9 Å². The topological polar surface area (TPSA) is 66.3 Å². The summed E-state index contributed by atoms with van der Waals surface area (Å²) in [6.07, 6.45) is 5.11. The number of hydrogen-bond donors (Lipinski definition) is 1. The summed E-state index contributed by atoms with van der Waals surface area (Å²) in [7, 11) is 0. The Hall–Kier alpha value is -1.65. The van der Waals surface area contributed by atoms with Crippen LogP contribution in [0.5, 0.6) is 0 Å². The number of rotatable bonds is 7. The summed E-state index contributed by atoms with van der Waals surface area (Å²) in [5.41, 5.74) is 0.0327. The summed E-state index contributed by atoms with van der Waals surface area (Å²) in [4.78, 5) is 21.2. The highest BCUT2D eigenvalue weighted by molar-refractivity contribution is 5.90. The van der Waals surface area contributed by atoms with Crippen LogP contribution in [0.15, 0.2) is 12.4 Å². The van der Waals surface area contributed by atoms with Crippen molar-refractivity contribution in [1.29, 1.82) is 0 Å². The molecule has 0 unspecified atom stereocenters. The minimum Gasteiger partial charge on any atom is -0.476 e. The predicted octanol–water partition coefficient (Wildman–Crippen LogP) is 2.44. The molecule has 18 heavy (non-hydrogen) atoms. The number of carboxylic acids is 1. The molecule has 5 nitrogen and oxygen atoms in total. The van der Waals surface area contributed by atoms with Crippen LogP contribution in [0.3, 0.4) is 0 Å². The Morgan fingerprint density at radius 1 is 1.28 bits per heavy atom. The molecule has 0 aromatic carbocycles. The third-order valence-electron chi connectivity index (χ3n) is 3.20. The first kappa shape index (κ1) is 14.4. The number of hydrogen-bond acceptors (Lipinski definition) is 4. The smallest absolute Gasteiger partial charge is 0.358 e. The van der Waals surface area contributed by atoms with Gasteiger partial charge in [-0.05, 0) is 12.8 Å².